The predicted molar refractivity (Wildman–Crippen MR) is 101 cm³/mol. The van der Waals surface area contributed by atoms with Gasteiger partial charge in [0.1, 0.15) is 0 Å². The Kier molecular flexibility index (Phi) is 6.43. The maximum atomic E-state index is 13.5. The molecule has 6 heteroatoms. The summed E-state index contributed by atoms with van der Waals surface area (Å²) in [5, 5.41) is 0. The van der Waals surface area contributed by atoms with E-state index in [9.17, 15) is 14.0 Å². The molecular weight excluding hydrogens is 347 g/mol. The molecule has 4 rings (SSSR count). The maximum absolute atomic E-state index is 13.5. The fraction of sp³-hybridized carbons (Fsp3) is 0.810. The van der Waals surface area contributed by atoms with Gasteiger partial charge >= 0.3 is 12.0 Å². The molecule has 4 saturated carbocycles. The number of carbonyl (C=O) groups excluding carboxylic acids is 2. The normalized spacial score (nSPS) is 31.8. The van der Waals surface area contributed by atoms with E-state index in [1.807, 2.05) is 4.90 Å². The van der Waals surface area contributed by atoms with Crippen molar-refractivity contribution in [2.75, 3.05) is 13.2 Å². The first-order valence-electron chi connectivity index (χ1n) is 10.5. The molecule has 0 atom stereocenters. The minimum atomic E-state index is -0.890. The molecule has 4 bridgehead atoms. The number of halogens is 1. The molecule has 27 heavy (non-hydrogen) atoms. The molecule has 2 N–H and O–H groups in total. The summed E-state index contributed by atoms with van der Waals surface area (Å²) < 4.78 is 18.1. The molecule has 0 aromatic heterocycles. The van der Waals surface area contributed by atoms with Gasteiger partial charge < -0.3 is 15.4 Å². The van der Waals surface area contributed by atoms with Crippen molar-refractivity contribution in [2.45, 2.75) is 76.7 Å². The summed E-state index contributed by atoms with van der Waals surface area (Å²) in [7, 11) is 0. The highest BCUT2D eigenvalue weighted by Crippen LogP contribution is 2.57. The van der Waals surface area contributed by atoms with E-state index in [2.05, 4.69) is 4.74 Å². The van der Waals surface area contributed by atoms with Crippen molar-refractivity contribution in [3.05, 3.63) is 11.9 Å². The van der Waals surface area contributed by atoms with Crippen LogP contribution in [0.25, 0.3) is 0 Å². The van der Waals surface area contributed by atoms with Crippen LogP contribution in [-0.4, -0.2) is 35.6 Å². The van der Waals surface area contributed by atoms with Crippen molar-refractivity contribution in [1.82, 2.24) is 4.90 Å². The fourth-order valence-corrected chi connectivity index (χ4v) is 6.08. The van der Waals surface area contributed by atoms with Gasteiger partial charge in [0.05, 0.1) is 6.61 Å². The molecule has 0 saturated heterocycles. The van der Waals surface area contributed by atoms with E-state index in [0.717, 1.165) is 56.3 Å². The summed E-state index contributed by atoms with van der Waals surface area (Å²) in [4.78, 5) is 25.4. The van der Waals surface area contributed by atoms with Gasteiger partial charge in [-0.1, -0.05) is 6.42 Å². The second-order valence-electron chi connectivity index (χ2n) is 8.75. The molecule has 152 valence electrons. The number of rotatable bonds is 9. The molecule has 0 heterocycles. The third-order valence-corrected chi connectivity index (χ3v) is 6.72. The number of allylic oxidation sites excluding steroid dienone is 1. The SMILES string of the molecule is CCOC(=O)C(F)=CCCCCCN(C(N)=O)C12CC3CC(CC(C3)C1)C2. The monoisotopic (exact) mass is 380 g/mol. The van der Waals surface area contributed by atoms with Gasteiger partial charge in [-0.2, -0.15) is 4.39 Å². The zero-order valence-corrected chi connectivity index (χ0v) is 16.4. The first kappa shape index (κ1) is 20.2. The molecule has 0 aromatic carbocycles. The average molecular weight is 381 g/mol. The summed E-state index contributed by atoms with van der Waals surface area (Å²) in [6, 6.07) is -0.287. The zero-order valence-electron chi connectivity index (χ0n) is 16.4. The molecule has 2 amide bonds. The number of primary amides is 1. The third-order valence-electron chi connectivity index (χ3n) is 6.72. The number of carbonyl (C=O) groups is 2. The smallest absolute Gasteiger partial charge is 0.366 e. The molecule has 4 fully saturated rings. The van der Waals surface area contributed by atoms with Crippen LogP contribution in [-0.2, 0) is 9.53 Å². The Morgan fingerprint density at radius 2 is 1.70 bits per heavy atom. The standard InChI is InChI=1S/C21H33FN2O3/c1-2-27-19(25)18(22)7-5-3-4-6-8-24(20(23)26)21-12-15-9-16(13-21)11-17(10-15)14-21/h7,15-17H,2-6,8-14H2,1H3,(H2,23,26). The van der Waals surface area contributed by atoms with Crippen LogP contribution in [0, 0.1) is 17.8 Å². The number of hydrogen-bond acceptors (Lipinski definition) is 3. The molecule has 0 radical (unpaired) electrons. The first-order valence-corrected chi connectivity index (χ1v) is 10.5. The van der Waals surface area contributed by atoms with Crippen molar-refractivity contribution in [3.8, 4) is 0 Å². The van der Waals surface area contributed by atoms with Crippen LogP contribution in [0.15, 0.2) is 11.9 Å². The molecule has 0 spiro atoms. The summed E-state index contributed by atoms with van der Waals surface area (Å²) in [5.41, 5.74) is 5.77. The lowest BCUT2D eigenvalue weighted by Crippen LogP contribution is -2.62. The highest BCUT2D eigenvalue weighted by Gasteiger charge is 2.54. The Labute approximate surface area is 161 Å². The molecule has 0 aliphatic heterocycles. The van der Waals surface area contributed by atoms with E-state index in [4.69, 9.17) is 5.73 Å². The number of urea groups is 1. The van der Waals surface area contributed by atoms with E-state index < -0.39 is 11.8 Å². The van der Waals surface area contributed by atoms with Gasteiger partial charge in [0, 0.05) is 12.1 Å². The van der Waals surface area contributed by atoms with Crippen molar-refractivity contribution in [2.24, 2.45) is 23.5 Å². The summed E-state index contributed by atoms with van der Waals surface area (Å²) in [6.07, 6.45) is 11.7. The van der Waals surface area contributed by atoms with Gasteiger partial charge in [-0.05, 0) is 88.5 Å². The minimum absolute atomic E-state index is 0.00347. The molecule has 4 aliphatic carbocycles. The predicted octanol–water partition coefficient (Wildman–Crippen LogP) is 4.31. The maximum Gasteiger partial charge on any atom is 0.366 e. The highest BCUT2D eigenvalue weighted by molar-refractivity contribution is 5.85. The zero-order chi connectivity index (χ0) is 19.4. The van der Waals surface area contributed by atoms with E-state index in [-0.39, 0.29) is 18.2 Å². The number of nitrogens with zero attached hydrogens (tertiary/aromatic N) is 1. The van der Waals surface area contributed by atoms with Gasteiger partial charge in [-0.25, -0.2) is 9.59 Å². The van der Waals surface area contributed by atoms with Gasteiger partial charge in [-0.15, -0.1) is 0 Å². The van der Waals surface area contributed by atoms with Crippen LogP contribution in [0.1, 0.15) is 71.1 Å². The lowest BCUT2D eigenvalue weighted by atomic mass is 9.52. The topological polar surface area (TPSA) is 72.6 Å². The molecular formula is C21H33FN2O3. The fourth-order valence-electron chi connectivity index (χ4n) is 6.08. The van der Waals surface area contributed by atoms with E-state index in [1.165, 1.54) is 25.3 Å². The molecule has 0 aromatic rings. The van der Waals surface area contributed by atoms with Crippen LogP contribution in [0.5, 0.6) is 0 Å². The van der Waals surface area contributed by atoms with E-state index >= 15 is 0 Å². The van der Waals surface area contributed by atoms with Crippen LogP contribution >= 0.6 is 0 Å². The second-order valence-corrected chi connectivity index (χ2v) is 8.75. The van der Waals surface area contributed by atoms with E-state index in [1.54, 1.807) is 6.92 Å². The lowest BCUT2D eigenvalue weighted by Gasteiger charge is -2.60. The van der Waals surface area contributed by atoms with Gasteiger partial charge in [-0.3, -0.25) is 0 Å². The molecule has 5 nitrogen and oxygen atoms in total. The Morgan fingerprint density at radius 3 is 2.22 bits per heavy atom. The molecule has 0 unspecified atom stereocenters. The quantitative estimate of drug-likeness (QED) is 0.368. The number of esters is 1. The summed E-state index contributed by atoms with van der Waals surface area (Å²) in [6.45, 7) is 2.51. The van der Waals surface area contributed by atoms with Crippen LogP contribution in [0.4, 0.5) is 9.18 Å². The van der Waals surface area contributed by atoms with Gasteiger partial charge in [0.25, 0.3) is 0 Å². The van der Waals surface area contributed by atoms with Gasteiger partial charge in [0.15, 0.2) is 0 Å². The van der Waals surface area contributed by atoms with Gasteiger partial charge in [0.2, 0.25) is 5.83 Å². The van der Waals surface area contributed by atoms with Crippen molar-refractivity contribution >= 4 is 12.0 Å². The van der Waals surface area contributed by atoms with Crippen molar-refractivity contribution < 1.29 is 18.7 Å². The average Bonchev–Trinajstić information content (AvgIpc) is 2.59. The van der Waals surface area contributed by atoms with Crippen LogP contribution < -0.4 is 5.73 Å². The number of ether oxygens (including phenoxy) is 1. The largest absolute Gasteiger partial charge is 0.461 e. The van der Waals surface area contributed by atoms with Crippen molar-refractivity contribution in [1.29, 1.82) is 0 Å². The minimum Gasteiger partial charge on any atom is -0.461 e. The molecule has 4 aliphatic rings. The number of nitrogens with two attached hydrogens (primary N) is 1. The lowest BCUT2D eigenvalue weighted by molar-refractivity contribution is -0.140. The Hall–Kier alpha value is -1.59. The Bertz CT molecular complexity index is 555. The highest BCUT2D eigenvalue weighted by atomic mass is 19.1. The summed E-state index contributed by atoms with van der Waals surface area (Å²) in [5.74, 6) is 0.612. The van der Waals surface area contributed by atoms with Crippen LogP contribution in [0.3, 0.4) is 0 Å². The third kappa shape index (κ3) is 4.64. The number of amides is 2. The number of hydrogen-bond donors (Lipinski definition) is 1. The Balaban J connectivity index is 1.45. The van der Waals surface area contributed by atoms with E-state index in [0.29, 0.717) is 13.0 Å². The summed E-state index contributed by atoms with van der Waals surface area (Å²) >= 11 is 0. The van der Waals surface area contributed by atoms with Crippen molar-refractivity contribution in [3.63, 3.8) is 0 Å². The first-order chi connectivity index (χ1) is 12.9. The van der Waals surface area contributed by atoms with Crippen LogP contribution in [0.2, 0.25) is 0 Å². The Morgan fingerprint density at radius 1 is 1.11 bits per heavy atom. The second kappa shape index (κ2) is 8.61. The number of unbranched alkanes of at least 4 members (excludes halogenated alkanes) is 3.